The van der Waals surface area contributed by atoms with Crippen LogP contribution >= 0.6 is 0 Å². The number of benzene rings is 1. The lowest BCUT2D eigenvalue weighted by atomic mass is 10.0. The molecule has 1 aromatic carbocycles. The lowest BCUT2D eigenvalue weighted by molar-refractivity contribution is 0.0540. The van der Waals surface area contributed by atoms with Gasteiger partial charge in [0.05, 0.1) is 0 Å². The highest BCUT2D eigenvalue weighted by Crippen LogP contribution is 2.26. The van der Waals surface area contributed by atoms with Gasteiger partial charge in [0.25, 0.3) is 0 Å². The van der Waals surface area contributed by atoms with Gasteiger partial charge in [-0.15, -0.1) is 0 Å². The van der Waals surface area contributed by atoms with Gasteiger partial charge in [-0.25, -0.2) is 4.39 Å². The third-order valence-corrected chi connectivity index (χ3v) is 4.95. The average molecular weight is 276 g/mol. The van der Waals surface area contributed by atoms with E-state index in [0.717, 1.165) is 30.3 Å². The Hall–Kier alpha value is -0.930. The van der Waals surface area contributed by atoms with Crippen LogP contribution in [0.3, 0.4) is 0 Å². The first-order chi connectivity index (χ1) is 9.54. The standard InChI is InChI=1S/C17H25FN2/c1-12-7-15(8-13(2)17(12)18)10-20-11-16-5-4-6-19(16)9-14(20)3/h7-8,14,16H,4-6,9-11H2,1-3H3. The number of piperazine rings is 1. The van der Waals surface area contributed by atoms with E-state index in [-0.39, 0.29) is 5.82 Å². The molecule has 110 valence electrons. The summed E-state index contributed by atoms with van der Waals surface area (Å²) in [6, 6.07) is 5.36. The van der Waals surface area contributed by atoms with E-state index in [1.165, 1.54) is 31.5 Å². The molecule has 0 aromatic heterocycles. The highest BCUT2D eigenvalue weighted by molar-refractivity contribution is 5.30. The van der Waals surface area contributed by atoms with E-state index in [1.54, 1.807) is 0 Å². The highest BCUT2D eigenvalue weighted by atomic mass is 19.1. The predicted octanol–water partition coefficient (Wildman–Crippen LogP) is 3.11. The maximum absolute atomic E-state index is 13.7. The molecule has 0 saturated carbocycles. The lowest BCUT2D eigenvalue weighted by Crippen LogP contribution is -2.54. The van der Waals surface area contributed by atoms with E-state index in [9.17, 15) is 4.39 Å². The smallest absolute Gasteiger partial charge is 0.129 e. The first kappa shape index (κ1) is 14.0. The maximum Gasteiger partial charge on any atom is 0.129 e. The Kier molecular flexibility index (Phi) is 3.83. The van der Waals surface area contributed by atoms with Gasteiger partial charge in [0.2, 0.25) is 0 Å². The number of nitrogens with zero attached hydrogens (tertiary/aromatic N) is 2. The van der Waals surface area contributed by atoms with Crippen molar-refractivity contribution in [2.75, 3.05) is 19.6 Å². The van der Waals surface area contributed by atoms with Crippen LogP contribution in [0.4, 0.5) is 4.39 Å². The van der Waals surface area contributed by atoms with Crippen molar-refractivity contribution >= 4 is 0 Å². The molecule has 20 heavy (non-hydrogen) atoms. The van der Waals surface area contributed by atoms with Crippen molar-refractivity contribution in [3.8, 4) is 0 Å². The summed E-state index contributed by atoms with van der Waals surface area (Å²) in [5, 5.41) is 0. The summed E-state index contributed by atoms with van der Waals surface area (Å²) in [6.07, 6.45) is 2.69. The third kappa shape index (κ3) is 2.61. The van der Waals surface area contributed by atoms with Gasteiger partial charge in [-0.2, -0.15) is 0 Å². The second kappa shape index (κ2) is 5.45. The van der Waals surface area contributed by atoms with E-state index in [0.29, 0.717) is 6.04 Å². The highest BCUT2D eigenvalue weighted by Gasteiger charge is 2.34. The molecular weight excluding hydrogens is 251 g/mol. The van der Waals surface area contributed by atoms with Crippen molar-refractivity contribution in [3.05, 3.63) is 34.6 Å². The summed E-state index contributed by atoms with van der Waals surface area (Å²) < 4.78 is 13.7. The van der Waals surface area contributed by atoms with Crippen molar-refractivity contribution in [2.45, 2.75) is 52.2 Å². The van der Waals surface area contributed by atoms with Gasteiger partial charge >= 0.3 is 0 Å². The van der Waals surface area contributed by atoms with Gasteiger partial charge < -0.3 is 0 Å². The molecule has 0 N–H and O–H groups in total. The van der Waals surface area contributed by atoms with Crippen molar-refractivity contribution in [3.63, 3.8) is 0 Å². The Morgan fingerprint density at radius 1 is 1.20 bits per heavy atom. The molecule has 2 fully saturated rings. The summed E-state index contributed by atoms with van der Waals surface area (Å²) in [6.45, 7) is 10.6. The molecule has 2 aliphatic rings. The number of aryl methyl sites for hydroxylation is 2. The molecular formula is C17H25FN2. The molecule has 0 bridgehead atoms. The van der Waals surface area contributed by atoms with Crippen molar-refractivity contribution in [1.82, 2.24) is 9.80 Å². The van der Waals surface area contributed by atoms with Gasteiger partial charge in [-0.3, -0.25) is 9.80 Å². The van der Waals surface area contributed by atoms with Gasteiger partial charge in [0, 0.05) is 31.7 Å². The first-order valence-electron chi connectivity index (χ1n) is 7.78. The summed E-state index contributed by atoms with van der Waals surface area (Å²) in [5.74, 6) is -0.0533. The average Bonchev–Trinajstić information content (AvgIpc) is 2.83. The number of halogens is 1. The maximum atomic E-state index is 13.7. The van der Waals surface area contributed by atoms with Gasteiger partial charge in [-0.05, 0) is 56.8 Å². The minimum absolute atomic E-state index is 0.0533. The number of fused-ring (bicyclic) bond motifs is 1. The monoisotopic (exact) mass is 276 g/mol. The third-order valence-electron chi connectivity index (χ3n) is 4.95. The Morgan fingerprint density at radius 2 is 1.90 bits per heavy atom. The number of hydrogen-bond acceptors (Lipinski definition) is 2. The molecule has 0 spiro atoms. The van der Waals surface area contributed by atoms with Crippen LogP contribution in [0.2, 0.25) is 0 Å². The summed E-state index contributed by atoms with van der Waals surface area (Å²) >= 11 is 0. The molecule has 2 atom stereocenters. The molecule has 3 heteroatoms. The lowest BCUT2D eigenvalue weighted by Gasteiger charge is -2.42. The molecule has 0 amide bonds. The van der Waals surface area contributed by atoms with Crippen molar-refractivity contribution in [2.24, 2.45) is 0 Å². The van der Waals surface area contributed by atoms with E-state index in [1.807, 2.05) is 26.0 Å². The predicted molar refractivity (Wildman–Crippen MR) is 80.3 cm³/mol. The molecule has 0 aliphatic carbocycles. The molecule has 1 aromatic rings. The SMILES string of the molecule is Cc1cc(CN2CC3CCCN3CC2C)cc(C)c1F. The summed E-state index contributed by atoms with van der Waals surface area (Å²) in [5.41, 5.74) is 2.79. The molecule has 2 saturated heterocycles. The first-order valence-corrected chi connectivity index (χ1v) is 7.78. The minimum atomic E-state index is -0.0533. The van der Waals surface area contributed by atoms with Crippen LogP contribution in [-0.2, 0) is 6.54 Å². The molecule has 2 nitrogen and oxygen atoms in total. The Bertz CT molecular complexity index is 477. The molecule has 0 radical (unpaired) electrons. The van der Waals surface area contributed by atoms with E-state index in [2.05, 4.69) is 16.7 Å². The zero-order chi connectivity index (χ0) is 14.3. The molecule has 2 aliphatic heterocycles. The molecule has 3 rings (SSSR count). The quantitative estimate of drug-likeness (QED) is 0.819. The van der Waals surface area contributed by atoms with Crippen molar-refractivity contribution < 1.29 is 4.39 Å². The summed E-state index contributed by atoms with van der Waals surface area (Å²) in [7, 11) is 0. The normalized spacial score (nSPS) is 27.8. The van der Waals surface area contributed by atoms with Crippen LogP contribution in [0.15, 0.2) is 12.1 Å². The Balaban J connectivity index is 1.74. The van der Waals surface area contributed by atoms with Gasteiger partial charge in [0.1, 0.15) is 5.82 Å². The van der Waals surface area contributed by atoms with Crippen molar-refractivity contribution in [1.29, 1.82) is 0 Å². The van der Waals surface area contributed by atoms with Gasteiger partial charge in [0.15, 0.2) is 0 Å². The van der Waals surface area contributed by atoms with E-state index < -0.39 is 0 Å². The second-order valence-electron chi connectivity index (χ2n) is 6.61. The summed E-state index contributed by atoms with van der Waals surface area (Å²) in [4.78, 5) is 5.21. The zero-order valence-corrected chi connectivity index (χ0v) is 12.8. The van der Waals surface area contributed by atoms with E-state index >= 15 is 0 Å². The number of rotatable bonds is 2. The number of hydrogen-bond donors (Lipinski definition) is 0. The fourth-order valence-corrected chi connectivity index (χ4v) is 3.83. The fraction of sp³-hybridized carbons (Fsp3) is 0.647. The van der Waals surface area contributed by atoms with Crippen LogP contribution in [0.25, 0.3) is 0 Å². The Labute approximate surface area is 121 Å². The van der Waals surface area contributed by atoms with Crippen LogP contribution < -0.4 is 0 Å². The minimum Gasteiger partial charge on any atom is -0.298 e. The van der Waals surface area contributed by atoms with Gasteiger partial charge in [-0.1, -0.05) is 12.1 Å². The topological polar surface area (TPSA) is 6.48 Å². The van der Waals surface area contributed by atoms with Crippen LogP contribution in [0.1, 0.15) is 36.5 Å². The molecule has 2 unspecified atom stereocenters. The zero-order valence-electron chi connectivity index (χ0n) is 12.8. The Morgan fingerprint density at radius 3 is 2.60 bits per heavy atom. The largest absolute Gasteiger partial charge is 0.298 e. The van der Waals surface area contributed by atoms with Crippen LogP contribution in [-0.4, -0.2) is 41.5 Å². The van der Waals surface area contributed by atoms with Crippen LogP contribution in [0.5, 0.6) is 0 Å². The van der Waals surface area contributed by atoms with Crippen LogP contribution in [0, 0.1) is 19.7 Å². The molecule has 2 heterocycles. The fourth-order valence-electron chi connectivity index (χ4n) is 3.83. The van der Waals surface area contributed by atoms with E-state index in [4.69, 9.17) is 0 Å². The second-order valence-corrected chi connectivity index (χ2v) is 6.61.